The lowest BCUT2D eigenvalue weighted by Crippen LogP contribution is -2.53. The Balaban J connectivity index is 1.76. The van der Waals surface area contributed by atoms with Crippen LogP contribution >= 0.6 is 0 Å². The topological polar surface area (TPSA) is 123 Å². The van der Waals surface area contributed by atoms with E-state index in [2.05, 4.69) is 20.9 Å². The lowest BCUT2D eigenvalue weighted by atomic mass is 10.0. The highest BCUT2D eigenvalue weighted by molar-refractivity contribution is 5.92. The number of hydrogen-bond acceptors (Lipinski definition) is 4. The van der Waals surface area contributed by atoms with Crippen LogP contribution in [0.4, 0.5) is 0 Å². The van der Waals surface area contributed by atoms with E-state index in [1.165, 1.54) is 0 Å². The van der Waals surface area contributed by atoms with Crippen molar-refractivity contribution >= 4 is 28.7 Å². The highest BCUT2D eigenvalue weighted by Gasteiger charge is 2.28. The van der Waals surface area contributed by atoms with Crippen LogP contribution in [0.15, 0.2) is 30.5 Å². The van der Waals surface area contributed by atoms with Gasteiger partial charge >= 0.3 is 5.97 Å². The molecule has 3 rings (SSSR count). The van der Waals surface area contributed by atoms with Crippen molar-refractivity contribution in [2.75, 3.05) is 13.1 Å². The third-order valence-electron chi connectivity index (χ3n) is 4.52. The Hall–Kier alpha value is -2.87. The normalized spacial score (nSPS) is 17.8. The number of amides is 2. The Morgan fingerprint density at radius 2 is 2.08 bits per heavy atom. The van der Waals surface area contributed by atoms with Crippen molar-refractivity contribution in [1.82, 2.24) is 20.9 Å². The lowest BCUT2D eigenvalue weighted by molar-refractivity contribution is -0.138. The van der Waals surface area contributed by atoms with Gasteiger partial charge in [-0.3, -0.25) is 14.4 Å². The van der Waals surface area contributed by atoms with E-state index in [0.29, 0.717) is 0 Å². The molecule has 0 aliphatic carbocycles. The first-order valence-electron chi connectivity index (χ1n) is 8.63. The Labute approximate surface area is 150 Å². The van der Waals surface area contributed by atoms with Crippen molar-refractivity contribution in [2.24, 2.45) is 0 Å². The van der Waals surface area contributed by atoms with E-state index in [-0.39, 0.29) is 18.4 Å². The molecule has 0 spiro atoms. The number of rotatable bonds is 7. The fourth-order valence-corrected chi connectivity index (χ4v) is 3.20. The van der Waals surface area contributed by atoms with Gasteiger partial charge in [-0.1, -0.05) is 18.2 Å². The number of H-pyrrole nitrogens is 1. The number of carboxylic acid groups (broad SMARTS) is 1. The summed E-state index contributed by atoms with van der Waals surface area (Å²) in [5.41, 5.74) is 1.83. The molecule has 0 saturated carbocycles. The molecular formula is C18H22N4O4. The molecule has 1 aromatic heterocycles. The zero-order chi connectivity index (χ0) is 18.5. The third-order valence-corrected chi connectivity index (χ3v) is 4.52. The standard InChI is InChI=1S/C18H22N4O4/c23-16(24)10-21-17(25)15(22-18(26)14-6-3-7-19-14)8-11-9-20-13-5-2-1-4-12(11)13/h1-2,4-5,9,14-15,19-20H,3,6-8,10H2,(H,21,25)(H,22,26)(H,23,24)/t14-,15-/m0/s1. The van der Waals surface area contributed by atoms with Gasteiger partial charge in [0, 0.05) is 23.5 Å². The fraction of sp³-hybridized carbons (Fsp3) is 0.389. The number of para-hydroxylation sites is 1. The van der Waals surface area contributed by atoms with Gasteiger partial charge in [0.1, 0.15) is 12.6 Å². The second kappa shape index (κ2) is 8.01. The number of benzene rings is 1. The van der Waals surface area contributed by atoms with Crippen molar-refractivity contribution in [3.8, 4) is 0 Å². The Kier molecular flexibility index (Phi) is 5.52. The molecule has 1 aliphatic rings. The molecule has 2 atom stereocenters. The maximum atomic E-state index is 12.4. The first-order chi connectivity index (χ1) is 12.5. The van der Waals surface area contributed by atoms with E-state index in [1.54, 1.807) is 0 Å². The molecule has 0 radical (unpaired) electrons. The minimum atomic E-state index is -1.13. The van der Waals surface area contributed by atoms with Gasteiger partial charge in [0.2, 0.25) is 11.8 Å². The van der Waals surface area contributed by atoms with E-state index >= 15 is 0 Å². The Bertz CT molecular complexity index is 810. The second-order valence-electron chi connectivity index (χ2n) is 6.39. The minimum Gasteiger partial charge on any atom is -0.480 e. The van der Waals surface area contributed by atoms with Gasteiger partial charge in [-0.25, -0.2) is 0 Å². The van der Waals surface area contributed by atoms with Gasteiger partial charge in [-0.05, 0) is 31.0 Å². The van der Waals surface area contributed by atoms with E-state index in [4.69, 9.17) is 5.11 Å². The van der Waals surface area contributed by atoms with E-state index in [1.807, 2.05) is 30.5 Å². The average Bonchev–Trinajstić information content (AvgIpc) is 3.29. The van der Waals surface area contributed by atoms with Gasteiger partial charge in [0.25, 0.3) is 0 Å². The van der Waals surface area contributed by atoms with E-state index in [0.717, 1.165) is 35.9 Å². The van der Waals surface area contributed by atoms with Crippen molar-refractivity contribution < 1.29 is 19.5 Å². The van der Waals surface area contributed by atoms with E-state index < -0.39 is 24.5 Å². The molecule has 1 fully saturated rings. The number of fused-ring (bicyclic) bond motifs is 1. The predicted molar refractivity (Wildman–Crippen MR) is 95.6 cm³/mol. The molecule has 2 heterocycles. The van der Waals surface area contributed by atoms with Crippen molar-refractivity contribution in [1.29, 1.82) is 0 Å². The number of hydrogen-bond donors (Lipinski definition) is 5. The van der Waals surface area contributed by atoms with Gasteiger partial charge in [0.05, 0.1) is 6.04 Å². The average molecular weight is 358 g/mol. The zero-order valence-electron chi connectivity index (χ0n) is 14.2. The van der Waals surface area contributed by atoms with Crippen LogP contribution in [-0.2, 0) is 20.8 Å². The highest BCUT2D eigenvalue weighted by atomic mass is 16.4. The molecule has 8 heteroatoms. The summed E-state index contributed by atoms with van der Waals surface area (Å²) in [4.78, 5) is 38.7. The molecule has 1 saturated heterocycles. The van der Waals surface area contributed by atoms with Crippen LogP contribution in [0.5, 0.6) is 0 Å². The maximum absolute atomic E-state index is 12.4. The molecule has 2 amide bonds. The minimum absolute atomic E-state index is 0.238. The van der Waals surface area contributed by atoms with Gasteiger partial charge < -0.3 is 26.0 Å². The fourth-order valence-electron chi connectivity index (χ4n) is 3.20. The van der Waals surface area contributed by atoms with Crippen molar-refractivity contribution in [3.63, 3.8) is 0 Å². The smallest absolute Gasteiger partial charge is 0.322 e. The third kappa shape index (κ3) is 4.20. The van der Waals surface area contributed by atoms with Crippen LogP contribution in [0.3, 0.4) is 0 Å². The number of aromatic amines is 1. The van der Waals surface area contributed by atoms with Crippen LogP contribution in [0.1, 0.15) is 18.4 Å². The SMILES string of the molecule is O=C(O)CNC(=O)[C@H](Cc1c[nH]c2ccccc12)NC(=O)[C@@H]1CCCN1. The first kappa shape index (κ1) is 17.9. The summed E-state index contributed by atoms with van der Waals surface area (Å²) in [7, 11) is 0. The summed E-state index contributed by atoms with van der Waals surface area (Å²) < 4.78 is 0. The lowest BCUT2D eigenvalue weighted by Gasteiger charge is -2.20. The van der Waals surface area contributed by atoms with Crippen LogP contribution < -0.4 is 16.0 Å². The molecule has 5 N–H and O–H groups in total. The van der Waals surface area contributed by atoms with Crippen LogP contribution in [0, 0.1) is 0 Å². The second-order valence-corrected chi connectivity index (χ2v) is 6.39. The first-order valence-corrected chi connectivity index (χ1v) is 8.63. The molecule has 0 bridgehead atoms. The molecule has 0 unspecified atom stereocenters. The molecule has 1 aromatic carbocycles. The quantitative estimate of drug-likeness (QED) is 0.482. The van der Waals surface area contributed by atoms with Gasteiger partial charge in [-0.2, -0.15) is 0 Å². The van der Waals surface area contributed by atoms with E-state index in [9.17, 15) is 14.4 Å². The number of aromatic nitrogens is 1. The predicted octanol–water partition coefficient (Wildman–Crippen LogP) is 0.148. The van der Waals surface area contributed by atoms with Crippen LogP contribution in [-0.4, -0.2) is 53.0 Å². The number of carboxylic acids is 1. The van der Waals surface area contributed by atoms with Gasteiger partial charge in [0.15, 0.2) is 0 Å². The summed E-state index contributed by atoms with van der Waals surface area (Å²) in [5.74, 6) is -1.88. The van der Waals surface area contributed by atoms with Gasteiger partial charge in [-0.15, -0.1) is 0 Å². The highest BCUT2D eigenvalue weighted by Crippen LogP contribution is 2.19. The summed E-state index contributed by atoms with van der Waals surface area (Å²) >= 11 is 0. The number of aliphatic carboxylic acids is 1. The van der Waals surface area contributed by atoms with Crippen molar-refractivity contribution in [3.05, 3.63) is 36.0 Å². The number of carbonyl (C=O) groups is 3. The monoisotopic (exact) mass is 358 g/mol. The summed E-state index contributed by atoms with van der Waals surface area (Å²) in [6, 6.07) is 6.52. The van der Waals surface area contributed by atoms with Crippen LogP contribution in [0.2, 0.25) is 0 Å². The Morgan fingerprint density at radius 1 is 1.27 bits per heavy atom. The molecule has 138 valence electrons. The molecule has 2 aromatic rings. The largest absolute Gasteiger partial charge is 0.480 e. The van der Waals surface area contributed by atoms with Crippen molar-refractivity contribution in [2.45, 2.75) is 31.3 Å². The molecule has 26 heavy (non-hydrogen) atoms. The summed E-state index contributed by atoms with van der Waals surface area (Å²) in [5, 5.41) is 18.0. The van der Waals surface area contributed by atoms with Crippen LogP contribution in [0.25, 0.3) is 10.9 Å². The molecule has 8 nitrogen and oxygen atoms in total. The summed E-state index contributed by atoms with van der Waals surface area (Å²) in [6.07, 6.45) is 3.72. The maximum Gasteiger partial charge on any atom is 0.322 e. The summed E-state index contributed by atoms with van der Waals surface area (Å²) in [6.45, 7) is 0.289. The number of carbonyl (C=O) groups excluding carboxylic acids is 2. The zero-order valence-corrected chi connectivity index (χ0v) is 14.2. The number of nitrogens with one attached hydrogen (secondary N) is 4. The molecular weight excluding hydrogens is 336 g/mol. The Morgan fingerprint density at radius 3 is 2.81 bits per heavy atom. The molecule has 1 aliphatic heterocycles.